The number of nitro groups is 1. The molecule has 13 rings (SSSR count). The van der Waals surface area contributed by atoms with Gasteiger partial charge in [0.1, 0.15) is 17.4 Å². The molecule has 0 bridgehead atoms. The third-order valence-corrected chi connectivity index (χ3v) is 20.4. The van der Waals surface area contributed by atoms with Crippen LogP contribution in [0.2, 0.25) is 0 Å². The van der Waals surface area contributed by atoms with Crippen molar-refractivity contribution >= 4 is 64.2 Å². The van der Waals surface area contributed by atoms with Crippen LogP contribution in [0.1, 0.15) is 96.9 Å². The molecule has 0 radical (unpaired) electrons. The van der Waals surface area contributed by atoms with E-state index < -0.39 is 23.0 Å². The maximum atomic E-state index is 14.5. The van der Waals surface area contributed by atoms with Gasteiger partial charge in [-0.3, -0.25) is 39.5 Å². The zero-order valence-electron chi connectivity index (χ0n) is 62.3. The van der Waals surface area contributed by atoms with Crippen molar-refractivity contribution in [2.75, 3.05) is 121 Å². The van der Waals surface area contributed by atoms with Crippen LogP contribution in [0.15, 0.2) is 145 Å². The molecule has 2 aliphatic carbocycles. The number of ether oxygens (including phenoxy) is 7. The van der Waals surface area contributed by atoms with Crippen molar-refractivity contribution in [2.24, 2.45) is 0 Å². The maximum Gasteiger partial charge on any atom is 0.519 e. The molecule has 5 aromatic carbocycles. The van der Waals surface area contributed by atoms with Gasteiger partial charge in [0.05, 0.1) is 46.2 Å². The molecular weight excluding hydrogens is 1380 g/mol. The van der Waals surface area contributed by atoms with Crippen molar-refractivity contribution in [3.8, 4) is 40.2 Å². The minimum atomic E-state index is -1.12. The summed E-state index contributed by atoms with van der Waals surface area (Å²) >= 11 is 0. The first kappa shape index (κ1) is 78.2. The smallest absolute Gasteiger partial charge is 0.493 e. The molecule has 108 heavy (non-hydrogen) atoms. The standard InChI is InChI=1S/C38H44FN5O5.C34H28FN3O8.C10H21N3/c1-25-31(30-8-7-28(39)21-33(30)32(25)22-36(45)41-24-26-6-5-11-40-23-26)18-27-19-34(47-3)37(35(20-27)48-4)49-38(46)44-16-14-43(15-17-44)29-9-12-42(2)13-10-29;1-20-27(26-11-6-23(35)16-29(26)28(20)17-32(39)37-19-21-5-4-12-36-18-21)13-22-14-30(43-2)33(31(15-22)44-3)46-34(40)45-25-9-7-24(8-10-25)38(41)42;1-12-6-2-10(3-7-12)13-8-4-11-5-9-13/h5-8,11,18-21,23,29H,9-10,12-17,22,24H2,1-4H3,(H,41,45);4-16,18H,17,19H2,1-3H3,(H,37,39);10-11H,2-9H2,1H3/b31-18-;27-13-;. The number of methoxy groups -OCH3 is 4. The predicted octanol–water partition coefficient (Wildman–Crippen LogP) is 12.2. The molecule has 4 fully saturated rings. The Morgan fingerprint density at radius 3 is 1.38 bits per heavy atom. The quantitative estimate of drug-likeness (QED) is 0.0277. The monoisotopic (exact) mass is 1480 g/mol. The number of aromatic nitrogens is 2. The molecule has 7 aromatic rings. The van der Waals surface area contributed by atoms with E-state index in [-0.39, 0.29) is 64.9 Å². The number of nitrogens with zero attached hydrogens (tertiary/aromatic N) is 8. The molecule has 0 spiro atoms. The highest BCUT2D eigenvalue weighted by Gasteiger charge is 2.33. The number of benzene rings is 5. The van der Waals surface area contributed by atoms with Gasteiger partial charge in [-0.1, -0.05) is 24.3 Å². The Kier molecular flexibility index (Phi) is 26.8. The normalized spacial score (nSPS) is 17.2. The summed E-state index contributed by atoms with van der Waals surface area (Å²) < 4.78 is 67.8. The molecular formula is C82H93F2N11O13. The second-order valence-corrected chi connectivity index (χ2v) is 27.3. The molecule has 0 unspecified atom stereocenters. The summed E-state index contributed by atoms with van der Waals surface area (Å²) in [4.78, 5) is 82.0. The minimum Gasteiger partial charge on any atom is -0.493 e. The number of nitrogens with one attached hydrogen (secondary N) is 3. The molecule has 2 aromatic heterocycles. The van der Waals surface area contributed by atoms with Crippen LogP contribution in [0, 0.1) is 21.7 Å². The third kappa shape index (κ3) is 20.0. The van der Waals surface area contributed by atoms with E-state index >= 15 is 0 Å². The van der Waals surface area contributed by atoms with Crippen molar-refractivity contribution in [3.05, 3.63) is 211 Å². The van der Waals surface area contributed by atoms with Gasteiger partial charge in [-0.05, 0) is 243 Å². The van der Waals surface area contributed by atoms with Crippen molar-refractivity contribution in [1.82, 2.24) is 50.4 Å². The van der Waals surface area contributed by atoms with E-state index in [1.807, 2.05) is 44.2 Å². The number of non-ortho nitro benzene ring substituents is 1. The fraction of sp³-hybridized carbons (Fsp3) is 0.366. The van der Waals surface area contributed by atoms with E-state index in [1.54, 1.807) is 72.2 Å². The number of amides is 3. The Morgan fingerprint density at radius 2 is 0.972 bits per heavy atom. The van der Waals surface area contributed by atoms with Gasteiger partial charge >= 0.3 is 12.2 Å². The van der Waals surface area contributed by atoms with E-state index in [4.69, 9.17) is 33.2 Å². The van der Waals surface area contributed by atoms with Crippen LogP contribution >= 0.6 is 0 Å². The summed E-state index contributed by atoms with van der Waals surface area (Å²) in [5.74, 6) is -0.000285. The number of fused-ring (bicyclic) bond motifs is 2. The largest absolute Gasteiger partial charge is 0.519 e. The maximum absolute atomic E-state index is 14.5. The first-order chi connectivity index (χ1) is 52.3. The number of allylic oxidation sites excluding steroid dienone is 4. The lowest BCUT2D eigenvalue weighted by molar-refractivity contribution is -0.384. The SMILES string of the molecule is CN1CCC(N2CCNCC2)CC1.COc1cc(/C=C2/C(C)=C(CC(=O)NCc3cccnc3)c3cc(F)ccc32)cc(OC)c1OC(=O)N1CCN(C2CCN(C)CC2)CC1.COc1cc(/C=C2/C(C)=C(CC(=O)NCc3cccnc3)c3cc(F)ccc32)cc(OC)c1OC(=O)Oc1ccc([N+](=O)[O-])cc1. The number of carbonyl (C=O) groups is 4. The summed E-state index contributed by atoms with van der Waals surface area (Å²) in [5.41, 5.74) is 10.5. The average Bonchev–Trinajstić information content (AvgIpc) is 1.63. The molecule has 3 amide bonds. The number of hydrogen-bond acceptors (Lipinski definition) is 20. The Morgan fingerprint density at radius 1 is 0.546 bits per heavy atom. The number of carbonyl (C=O) groups excluding carboxylic acids is 4. The number of rotatable bonds is 20. The number of halogens is 2. The Bertz CT molecular complexity index is 4440. The van der Waals surface area contributed by atoms with Gasteiger partial charge in [0.15, 0.2) is 23.0 Å². The van der Waals surface area contributed by atoms with Crippen LogP contribution in [0.3, 0.4) is 0 Å². The molecule has 0 atom stereocenters. The molecule has 6 aliphatic rings. The molecule has 6 heterocycles. The summed E-state index contributed by atoms with van der Waals surface area (Å²) in [7, 11) is 10.2. The van der Waals surface area contributed by atoms with Crippen LogP contribution in [-0.2, 0) is 22.7 Å². The van der Waals surface area contributed by atoms with Gasteiger partial charge in [0, 0.05) is 114 Å². The molecule has 0 saturated carbocycles. The zero-order chi connectivity index (χ0) is 76.4. The molecule has 3 N–H and O–H groups in total. The van der Waals surface area contributed by atoms with Crippen LogP contribution in [0.25, 0.3) is 34.4 Å². The van der Waals surface area contributed by atoms with Crippen molar-refractivity contribution in [2.45, 2.75) is 77.5 Å². The number of piperidine rings is 2. The highest BCUT2D eigenvalue weighted by atomic mass is 19.1. The van der Waals surface area contributed by atoms with Gasteiger partial charge in [-0.25, -0.2) is 18.4 Å². The van der Waals surface area contributed by atoms with Gasteiger partial charge in [-0.15, -0.1) is 0 Å². The van der Waals surface area contributed by atoms with E-state index in [1.165, 1.54) is 129 Å². The number of nitro benzene ring substituents is 1. The number of hydrogen-bond donors (Lipinski definition) is 3. The average molecular weight is 1480 g/mol. The van der Waals surface area contributed by atoms with Gasteiger partial charge in [0.2, 0.25) is 23.3 Å². The predicted molar refractivity (Wildman–Crippen MR) is 409 cm³/mol. The summed E-state index contributed by atoms with van der Waals surface area (Å²) in [6.45, 7) is 17.0. The Hall–Kier alpha value is -10.9. The molecule has 4 aliphatic heterocycles. The van der Waals surface area contributed by atoms with E-state index in [0.717, 1.165) is 101 Å². The summed E-state index contributed by atoms with van der Waals surface area (Å²) in [6, 6.07) is 29.6. The fourth-order valence-corrected chi connectivity index (χ4v) is 14.3. The lowest BCUT2D eigenvalue weighted by Crippen LogP contribution is -2.54. The topological polar surface area (TPSA) is 254 Å². The van der Waals surface area contributed by atoms with Gasteiger partial charge < -0.3 is 63.8 Å². The highest BCUT2D eigenvalue weighted by molar-refractivity contribution is 6.09. The Balaban J connectivity index is 0.000000184. The lowest BCUT2D eigenvalue weighted by atomic mass is 10.00. The lowest BCUT2D eigenvalue weighted by Gasteiger charge is -2.41. The first-order valence-electron chi connectivity index (χ1n) is 36.2. The number of likely N-dealkylation sites (tertiary alicyclic amines) is 2. The third-order valence-electron chi connectivity index (χ3n) is 20.4. The number of piperazine rings is 2. The molecule has 26 heteroatoms. The second-order valence-electron chi connectivity index (χ2n) is 27.3. The van der Waals surface area contributed by atoms with Crippen LogP contribution in [-0.4, -0.2) is 197 Å². The van der Waals surface area contributed by atoms with E-state index in [2.05, 4.69) is 59.6 Å². The van der Waals surface area contributed by atoms with Crippen LogP contribution in [0.4, 0.5) is 24.1 Å². The Labute approximate surface area is 628 Å². The molecule has 24 nitrogen and oxygen atoms in total. The summed E-state index contributed by atoms with van der Waals surface area (Å²) in [6.07, 6.45) is 14.1. The zero-order valence-corrected chi connectivity index (χ0v) is 62.3. The summed E-state index contributed by atoms with van der Waals surface area (Å²) in [5, 5.41) is 20.1. The van der Waals surface area contributed by atoms with Crippen molar-refractivity contribution in [3.63, 3.8) is 0 Å². The minimum absolute atomic E-state index is 0.0371. The fourth-order valence-electron chi connectivity index (χ4n) is 14.3. The van der Waals surface area contributed by atoms with Gasteiger partial charge in [-0.2, -0.15) is 0 Å². The van der Waals surface area contributed by atoms with Crippen LogP contribution < -0.4 is 49.1 Å². The second kappa shape index (κ2) is 37.1. The molecule has 568 valence electrons. The van der Waals surface area contributed by atoms with Crippen molar-refractivity contribution in [1.29, 1.82) is 0 Å². The first-order valence-corrected chi connectivity index (χ1v) is 36.2. The highest BCUT2D eigenvalue weighted by Crippen LogP contribution is 2.48. The van der Waals surface area contributed by atoms with E-state index in [9.17, 15) is 38.1 Å². The number of pyridine rings is 2. The van der Waals surface area contributed by atoms with Gasteiger partial charge in [0.25, 0.3) is 5.69 Å². The van der Waals surface area contributed by atoms with Crippen LogP contribution in [0.5, 0.6) is 40.2 Å². The molecule has 4 saturated heterocycles. The van der Waals surface area contributed by atoms with Crippen molar-refractivity contribution < 1.29 is 66.0 Å². The van der Waals surface area contributed by atoms with E-state index in [0.29, 0.717) is 66.0 Å².